The quantitative estimate of drug-likeness (QED) is 0.805. The Bertz CT molecular complexity index is 342. The molecule has 1 heterocycles. The molecule has 1 aromatic carbocycles. The maximum Gasteiger partial charge on any atom is 0.0773 e. The number of hydrogen-bond donors (Lipinski definition) is 2. The van der Waals surface area contributed by atoms with Crippen molar-refractivity contribution in [2.24, 2.45) is 0 Å². The van der Waals surface area contributed by atoms with Gasteiger partial charge in [0.2, 0.25) is 0 Å². The fourth-order valence-electron chi connectivity index (χ4n) is 2.03. The van der Waals surface area contributed by atoms with Gasteiger partial charge in [-0.3, -0.25) is 0 Å². The van der Waals surface area contributed by atoms with Gasteiger partial charge < -0.3 is 10.4 Å². The van der Waals surface area contributed by atoms with E-state index in [4.69, 9.17) is 0 Å². The number of aliphatic hydroxyl groups is 1. The van der Waals surface area contributed by atoms with E-state index in [0.29, 0.717) is 0 Å². The Hall–Kier alpha value is -0.380. The molecular weight excluding hydrogens is 242 g/mol. The predicted octanol–water partition coefficient (Wildman–Crippen LogP) is 2.02. The molecule has 0 spiro atoms. The molecule has 0 bridgehead atoms. The minimum Gasteiger partial charge on any atom is -0.391 e. The lowest BCUT2D eigenvalue weighted by Crippen LogP contribution is -2.41. The second kappa shape index (κ2) is 3.65. The summed E-state index contributed by atoms with van der Waals surface area (Å²) in [6.45, 7) is 2.92. The first-order valence-electron chi connectivity index (χ1n) is 4.83. The zero-order valence-corrected chi connectivity index (χ0v) is 9.71. The molecule has 2 unspecified atom stereocenters. The molecule has 0 aliphatic carbocycles. The van der Waals surface area contributed by atoms with Gasteiger partial charge in [0.25, 0.3) is 0 Å². The van der Waals surface area contributed by atoms with Crippen molar-refractivity contribution in [2.75, 3.05) is 6.54 Å². The summed E-state index contributed by atoms with van der Waals surface area (Å²) in [6.07, 6.45) is 0.513. The molecule has 3 heteroatoms. The maximum atomic E-state index is 9.94. The van der Waals surface area contributed by atoms with Crippen LogP contribution in [-0.2, 0) is 5.54 Å². The van der Waals surface area contributed by atoms with Crippen molar-refractivity contribution in [1.29, 1.82) is 0 Å². The minimum absolute atomic E-state index is 0.304. The van der Waals surface area contributed by atoms with Crippen molar-refractivity contribution in [3.63, 3.8) is 0 Å². The van der Waals surface area contributed by atoms with E-state index in [1.54, 1.807) is 0 Å². The summed E-state index contributed by atoms with van der Waals surface area (Å²) in [6, 6.07) is 8.04. The van der Waals surface area contributed by atoms with Gasteiger partial charge in [0.05, 0.1) is 11.6 Å². The highest BCUT2D eigenvalue weighted by Crippen LogP contribution is 2.34. The maximum absolute atomic E-state index is 9.94. The monoisotopic (exact) mass is 255 g/mol. The molecule has 1 fully saturated rings. The number of halogens is 1. The summed E-state index contributed by atoms with van der Waals surface area (Å²) in [7, 11) is 0. The smallest absolute Gasteiger partial charge is 0.0773 e. The molecule has 0 aromatic heterocycles. The number of hydrogen-bond acceptors (Lipinski definition) is 2. The van der Waals surface area contributed by atoms with Crippen molar-refractivity contribution in [3.8, 4) is 0 Å². The first kappa shape index (κ1) is 10.1. The van der Waals surface area contributed by atoms with E-state index in [0.717, 1.165) is 23.0 Å². The van der Waals surface area contributed by atoms with E-state index in [9.17, 15) is 5.11 Å². The third-order valence-corrected chi connectivity index (χ3v) is 3.70. The van der Waals surface area contributed by atoms with Crippen LogP contribution in [0.5, 0.6) is 0 Å². The van der Waals surface area contributed by atoms with Crippen LogP contribution in [-0.4, -0.2) is 17.8 Å². The van der Waals surface area contributed by atoms with Crippen molar-refractivity contribution < 1.29 is 5.11 Å². The highest BCUT2D eigenvalue weighted by Gasteiger charge is 2.39. The van der Waals surface area contributed by atoms with Crippen LogP contribution in [0.25, 0.3) is 0 Å². The fourth-order valence-corrected chi connectivity index (χ4v) is 2.73. The third kappa shape index (κ3) is 1.49. The summed E-state index contributed by atoms with van der Waals surface area (Å²) in [4.78, 5) is 0. The lowest BCUT2D eigenvalue weighted by Gasteiger charge is -2.30. The molecule has 1 saturated heterocycles. The summed E-state index contributed by atoms with van der Waals surface area (Å²) in [5.41, 5.74) is 0.824. The minimum atomic E-state index is -0.305. The Morgan fingerprint density at radius 2 is 2.21 bits per heavy atom. The summed E-state index contributed by atoms with van der Waals surface area (Å²) >= 11 is 3.52. The number of benzene rings is 1. The number of rotatable bonds is 1. The molecule has 1 aliphatic heterocycles. The number of nitrogens with one attached hydrogen (secondary N) is 1. The Morgan fingerprint density at radius 3 is 2.79 bits per heavy atom. The van der Waals surface area contributed by atoms with Gasteiger partial charge in [-0.2, -0.15) is 0 Å². The molecular formula is C11H14BrNO. The lowest BCUT2D eigenvalue weighted by atomic mass is 9.88. The van der Waals surface area contributed by atoms with Gasteiger partial charge in [-0.15, -0.1) is 0 Å². The standard InChI is InChI=1S/C11H14BrNO/c1-11(10(14)6-7-13-11)8-4-2-3-5-9(8)12/h2-5,10,13-14H,6-7H2,1H3. The average Bonchev–Trinajstić information content (AvgIpc) is 2.49. The predicted molar refractivity (Wildman–Crippen MR) is 60.1 cm³/mol. The van der Waals surface area contributed by atoms with E-state index in [-0.39, 0.29) is 11.6 Å². The molecule has 2 nitrogen and oxygen atoms in total. The van der Waals surface area contributed by atoms with Gasteiger partial charge in [0, 0.05) is 4.47 Å². The summed E-state index contributed by atoms with van der Waals surface area (Å²) in [5.74, 6) is 0. The normalized spacial score (nSPS) is 32.1. The Kier molecular flexibility index (Phi) is 2.64. The van der Waals surface area contributed by atoms with Crippen LogP contribution in [0.15, 0.2) is 28.7 Å². The molecule has 0 amide bonds. The summed E-state index contributed by atoms with van der Waals surface area (Å²) < 4.78 is 1.05. The van der Waals surface area contributed by atoms with Gasteiger partial charge in [-0.25, -0.2) is 0 Å². The molecule has 0 radical (unpaired) electrons. The fraction of sp³-hybridized carbons (Fsp3) is 0.455. The van der Waals surface area contributed by atoms with E-state index in [1.165, 1.54) is 0 Å². The zero-order valence-electron chi connectivity index (χ0n) is 8.13. The van der Waals surface area contributed by atoms with Crippen LogP contribution in [0.4, 0.5) is 0 Å². The van der Waals surface area contributed by atoms with Crippen LogP contribution in [0.1, 0.15) is 18.9 Å². The van der Waals surface area contributed by atoms with Crippen molar-refractivity contribution in [3.05, 3.63) is 34.3 Å². The molecule has 0 saturated carbocycles. The number of aliphatic hydroxyl groups excluding tert-OH is 1. The van der Waals surface area contributed by atoms with E-state index in [2.05, 4.69) is 21.2 Å². The molecule has 1 aromatic rings. The van der Waals surface area contributed by atoms with Crippen LogP contribution in [0.3, 0.4) is 0 Å². The topological polar surface area (TPSA) is 32.3 Å². The second-order valence-electron chi connectivity index (χ2n) is 3.91. The third-order valence-electron chi connectivity index (χ3n) is 3.01. The van der Waals surface area contributed by atoms with Gasteiger partial charge in [-0.05, 0) is 31.5 Å². The largest absolute Gasteiger partial charge is 0.391 e. The molecule has 1 aliphatic rings. The summed E-state index contributed by atoms with van der Waals surface area (Å²) in [5, 5.41) is 13.3. The Morgan fingerprint density at radius 1 is 1.50 bits per heavy atom. The molecule has 2 atom stereocenters. The van der Waals surface area contributed by atoms with Gasteiger partial charge in [0.1, 0.15) is 0 Å². The lowest BCUT2D eigenvalue weighted by molar-refractivity contribution is 0.107. The Balaban J connectivity index is 2.43. The highest BCUT2D eigenvalue weighted by atomic mass is 79.9. The second-order valence-corrected chi connectivity index (χ2v) is 4.77. The molecule has 76 valence electrons. The van der Waals surface area contributed by atoms with Crippen molar-refractivity contribution >= 4 is 15.9 Å². The van der Waals surface area contributed by atoms with E-state index >= 15 is 0 Å². The van der Waals surface area contributed by atoms with Crippen LogP contribution < -0.4 is 5.32 Å². The zero-order chi connectivity index (χ0) is 10.2. The van der Waals surface area contributed by atoms with Crippen LogP contribution >= 0.6 is 15.9 Å². The first-order chi connectivity index (χ1) is 6.64. The van der Waals surface area contributed by atoms with Crippen LogP contribution in [0, 0.1) is 0 Å². The molecule has 14 heavy (non-hydrogen) atoms. The van der Waals surface area contributed by atoms with Gasteiger partial charge in [0.15, 0.2) is 0 Å². The molecule has 2 rings (SSSR count). The van der Waals surface area contributed by atoms with E-state index < -0.39 is 0 Å². The van der Waals surface area contributed by atoms with Crippen molar-refractivity contribution in [2.45, 2.75) is 25.0 Å². The molecule has 2 N–H and O–H groups in total. The van der Waals surface area contributed by atoms with Gasteiger partial charge >= 0.3 is 0 Å². The van der Waals surface area contributed by atoms with Crippen molar-refractivity contribution in [1.82, 2.24) is 5.32 Å². The SMILES string of the molecule is CC1(c2ccccc2Br)NCCC1O. The van der Waals surface area contributed by atoms with Gasteiger partial charge in [-0.1, -0.05) is 34.1 Å². The first-order valence-corrected chi connectivity index (χ1v) is 5.62. The highest BCUT2D eigenvalue weighted by molar-refractivity contribution is 9.10. The average molecular weight is 256 g/mol. The van der Waals surface area contributed by atoms with E-state index in [1.807, 2.05) is 31.2 Å². The Labute approximate surface area is 92.5 Å². The van der Waals surface area contributed by atoms with Crippen LogP contribution in [0.2, 0.25) is 0 Å².